The summed E-state index contributed by atoms with van der Waals surface area (Å²) in [6.45, 7) is 3.61. The van der Waals surface area contributed by atoms with E-state index in [2.05, 4.69) is 17.2 Å². The number of primary amides is 1. The third-order valence-electron chi connectivity index (χ3n) is 6.61. The van der Waals surface area contributed by atoms with Crippen molar-refractivity contribution in [3.05, 3.63) is 22.5 Å². The summed E-state index contributed by atoms with van der Waals surface area (Å²) in [4.78, 5) is 64.0. The van der Waals surface area contributed by atoms with Crippen molar-refractivity contribution >= 4 is 29.4 Å². The van der Waals surface area contributed by atoms with Gasteiger partial charge >= 0.3 is 11.7 Å². The minimum atomic E-state index is -1.48. The molecule has 0 unspecified atom stereocenters. The fourth-order valence-corrected chi connectivity index (χ4v) is 4.41. The predicted molar refractivity (Wildman–Crippen MR) is 141 cm³/mol. The van der Waals surface area contributed by atoms with Gasteiger partial charge in [0.1, 0.15) is 6.10 Å². The predicted octanol–water partition coefficient (Wildman–Crippen LogP) is 1.00. The summed E-state index contributed by atoms with van der Waals surface area (Å²) in [6.07, 6.45) is 1.20. The van der Waals surface area contributed by atoms with E-state index in [0.29, 0.717) is 6.42 Å². The Morgan fingerprint density at radius 1 is 1.15 bits per heavy atom. The molecule has 2 heterocycles. The second kappa shape index (κ2) is 16.0. The number of rotatable bonds is 17. The quantitative estimate of drug-likeness (QED) is 0.155. The molecule has 1 aromatic heterocycles. The van der Waals surface area contributed by atoms with Crippen LogP contribution in [0.4, 0.5) is 10.2 Å². The van der Waals surface area contributed by atoms with Gasteiger partial charge in [0, 0.05) is 19.3 Å². The van der Waals surface area contributed by atoms with Crippen LogP contribution in [0.1, 0.15) is 90.7 Å². The van der Waals surface area contributed by atoms with Gasteiger partial charge in [-0.15, -0.1) is 0 Å². The number of aliphatic hydroxyl groups excluding tert-OH is 1. The Morgan fingerprint density at radius 3 is 2.48 bits per heavy atom. The van der Waals surface area contributed by atoms with Crippen LogP contribution in [0.15, 0.2) is 11.0 Å². The zero-order valence-electron chi connectivity index (χ0n) is 23.0. The summed E-state index contributed by atoms with van der Waals surface area (Å²) in [6, 6.07) is -1.02. The number of halogens is 1. The van der Waals surface area contributed by atoms with Gasteiger partial charge < -0.3 is 31.4 Å². The topological polar surface area (TPSA) is 206 Å². The van der Waals surface area contributed by atoms with E-state index in [1.807, 2.05) is 0 Å². The van der Waals surface area contributed by atoms with Gasteiger partial charge in [0.15, 0.2) is 29.8 Å². The first kappa shape index (κ1) is 32.8. The van der Waals surface area contributed by atoms with Crippen LogP contribution < -0.4 is 22.5 Å². The molecule has 5 atom stereocenters. The number of hydrogen-bond acceptors (Lipinski definition) is 10. The van der Waals surface area contributed by atoms with Crippen LogP contribution in [0.25, 0.3) is 0 Å². The first-order valence-corrected chi connectivity index (χ1v) is 13.6. The van der Waals surface area contributed by atoms with Crippen LogP contribution in [-0.2, 0) is 28.7 Å². The maximum Gasteiger partial charge on any atom is 0.351 e. The number of nitrogen functional groups attached to an aromatic ring is 1. The van der Waals surface area contributed by atoms with E-state index < -0.39 is 59.8 Å². The number of Topliss-reactive ketones (excluding diaryl/α,β-unsaturated/α-hetero) is 1. The van der Waals surface area contributed by atoms with Crippen LogP contribution in [-0.4, -0.2) is 62.6 Å². The SMILES string of the molecule is CCCCCCCC(=O)N[C@H](CC(N)=O)C(=O)CCCCC(=O)O[C@H]1[C@@H](O)[C@H](n2cc(F)c(N)nc2=O)O[C@@H]1C. The van der Waals surface area contributed by atoms with Crippen LogP contribution in [0.5, 0.6) is 0 Å². The Kier molecular flexibility index (Phi) is 13.1. The lowest BCUT2D eigenvalue weighted by Gasteiger charge is -2.20. The fourth-order valence-electron chi connectivity index (χ4n) is 4.41. The molecule has 2 amide bonds. The number of esters is 1. The van der Waals surface area contributed by atoms with Gasteiger partial charge in [-0.05, 0) is 26.2 Å². The number of aromatic nitrogens is 2. The van der Waals surface area contributed by atoms with Crippen molar-refractivity contribution in [3.63, 3.8) is 0 Å². The Morgan fingerprint density at radius 2 is 1.80 bits per heavy atom. The Hall–Kier alpha value is -3.39. The summed E-state index contributed by atoms with van der Waals surface area (Å²) >= 11 is 0. The molecule has 0 radical (unpaired) electrons. The second-order valence-electron chi connectivity index (χ2n) is 9.97. The number of ketones is 1. The summed E-state index contributed by atoms with van der Waals surface area (Å²) in [5.74, 6) is -3.63. The molecule has 1 saturated heterocycles. The highest BCUT2D eigenvalue weighted by molar-refractivity contribution is 5.92. The summed E-state index contributed by atoms with van der Waals surface area (Å²) in [5, 5.41) is 13.2. The number of ether oxygens (including phenoxy) is 2. The zero-order chi connectivity index (χ0) is 29.8. The molecule has 1 aliphatic heterocycles. The van der Waals surface area contributed by atoms with Crippen LogP contribution in [0, 0.1) is 5.82 Å². The molecule has 2 rings (SSSR count). The van der Waals surface area contributed by atoms with Crippen molar-refractivity contribution in [2.75, 3.05) is 5.73 Å². The molecule has 224 valence electrons. The van der Waals surface area contributed by atoms with E-state index in [4.69, 9.17) is 20.9 Å². The van der Waals surface area contributed by atoms with Crippen molar-refractivity contribution in [1.29, 1.82) is 0 Å². The number of unbranched alkanes of at least 4 members (excludes halogenated alkanes) is 5. The van der Waals surface area contributed by atoms with Gasteiger partial charge in [-0.1, -0.05) is 32.6 Å². The zero-order valence-corrected chi connectivity index (χ0v) is 23.0. The second-order valence-corrected chi connectivity index (χ2v) is 9.97. The van der Waals surface area contributed by atoms with E-state index >= 15 is 0 Å². The van der Waals surface area contributed by atoms with Gasteiger partial charge in [0.25, 0.3) is 0 Å². The number of nitrogens with two attached hydrogens (primary N) is 2. The summed E-state index contributed by atoms with van der Waals surface area (Å²) < 4.78 is 25.4. The molecule has 0 bridgehead atoms. The van der Waals surface area contributed by atoms with Gasteiger partial charge in [0.2, 0.25) is 11.8 Å². The lowest BCUT2D eigenvalue weighted by molar-refractivity contribution is -0.155. The monoisotopic (exact) mass is 569 g/mol. The third kappa shape index (κ3) is 9.97. The molecule has 1 aliphatic rings. The first-order valence-electron chi connectivity index (χ1n) is 13.6. The molecule has 0 aromatic carbocycles. The average molecular weight is 570 g/mol. The molecular formula is C26H40FN5O8. The smallest absolute Gasteiger partial charge is 0.351 e. The van der Waals surface area contributed by atoms with Gasteiger partial charge in [0.05, 0.1) is 24.8 Å². The molecule has 0 spiro atoms. The minimum Gasteiger partial charge on any atom is -0.457 e. The molecule has 0 aliphatic carbocycles. The maximum atomic E-state index is 13.8. The van der Waals surface area contributed by atoms with E-state index in [1.165, 1.54) is 6.92 Å². The van der Waals surface area contributed by atoms with Crippen molar-refractivity contribution in [2.45, 2.75) is 115 Å². The van der Waals surface area contributed by atoms with E-state index in [-0.39, 0.29) is 50.2 Å². The van der Waals surface area contributed by atoms with Crippen molar-refractivity contribution in [3.8, 4) is 0 Å². The number of aliphatic hydroxyl groups is 1. The molecule has 0 saturated carbocycles. The number of amides is 2. The maximum absolute atomic E-state index is 13.8. The van der Waals surface area contributed by atoms with Crippen molar-refractivity contribution in [1.82, 2.24) is 14.9 Å². The number of nitrogens with one attached hydrogen (secondary N) is 1. The van der Waals surface area contributed by atoms with Crippen molar-refractivity contribution < 1.29 is 38.1 Å². The number of nitrogens with zero attached hydrogens (tertiary/aromatic N) is 2. The fraction of sp³-hybridized carbons (Fsp3) is 0.692. The number of hydrogen-bond donors (Lipinski definition) is 4. The molecule has 1 aromatic rings. The highest BCUT2D eigenvalue weighted by Crippen LogP contribution is 2.31. The minimum absolute atomic E-state index is 0.00820. The third-order valence-corrected chi connectivity index (χ3v) is 6.61. The van der Waals surface area contributed by atoms with Gasteiger partial charge in [-0.3, -0.25) is 23.7 Å². The van der Waals surface area contributed by atoms with E-state index in [1.54, 1.807) is 0 Å². The molecule has 13 nitrogen and oxygen atoms in total. The van der Waals surface area contributed by atoms with Crippen LogP contribution >= 0.6 is 0 Å². The van der Waals surface area contributed by atoms with Crippen LogP contribution in [0.2, 0.25) is 0 Å². The molecule has 1 fully saturated rings. The van der Waals surface area contributed by atoms with Gasteiger partial charge in [-0.25, -0.2) is 9.18 Å². The summed E-state index contributed by atoms with van der Waals surface area (Å²) in [5.41, 5.74) is 9.58. The molecular weight excluding hydrogens is 529 g/mol. The van der Waals surface area contributed by atoms with Gasteiger partial charge in [-0.2, -0.15) is 4.98 Å². The largest absolute Gasteiger partial charge is 0.457 e. The molecule has 14 heteroatoms. The standard InChI is InChI=1S/C26H40FN5O8/c1-3-4-5-6-7-11-20(35)30-17(13-19(28)34)18(33)10-8-9-12-21(36)40-23-15(2)39-25(22(23)37)32-14-16(27)24(29)31-26(32)38/h14-15,17,22-23,25,37H,3-13H2,1-2H3,(H2,28,34)(H,30,35)(H2,29,31,38)/t15-,17-,22-,23-,25-/m1/s1. The number of carbonyl (C=O) groups is 4. The Balaban J connectivity index is 1.80. The van der Waals surface area contributed by atoms with Crippen molar-refractivity contribution in [2.24, 2.45) is 5.73 Å². The normalized spacial score (nSPS) is 21.1. The number of anilines is 1. The first-order chi connectivity index (χ1) is 18.9. The van der Waals surface area contributed by atoms with E-state index in [0.717, 1.165) is 36.4 Å². The average Bonchev–Trinajstić information content (AvgIpc) is 3.15. The number of carbonyl (C=O) groups excluding carboxylic acids is 4. The summed E-state index contributed by atoms with van der Waals surface area (Å²) in [7, 11) is 0. The lowest BCUT2D eigenvalue weighted by atomic mass is 10.0. The molecule has 6 N–H and O–H groups in total. The van der Waals surface area contributed by atoms with E-state index in [9.17, 15) is 33.5 Å². The molecule has 40 heavy (non-hydrogen) atoms. The Bertz CT molecular complexity index is 1100. The lowest BCUT2D eigenvalue weighted by Crippen LogP contribution is -2.43. The Labute approximate surface area is 231 Å². The van der Waals surface area contributed by atoms with Crippen LogP contribution in [0.3, 0.4) is 0 Å². The highest BCUT2D eigenvalue weighted by Gasteiger charge is 2.45. The highest BCUT2D eigenvalue weighted by atomic mass is 19.1.